The smallest absolute Gasteiger partial charge is 0.152 e. The largest absolute Gasteiger partial charge is 0.322 e. The van der Waals surface area contributed by atoms with Crippen LogP contribution in [0.4, 0.5) is 0 Å². The van der Waals surface area contributed by atoms with Gasteiger partial charge in [-0.05, 0) is 25.7 Å². The first-order valence-corrected chi connectivity index (χ1v) is 7.80. The highest BCUT2D eigenvalue weighted by Gasteiger charge is 2.33. The number of carbonyl (C=O) groups is 1. The lowest BCUT2D eigenvalue weighted by Crippen LogP contribution is -2.39. The molecule has 4 nitrogen and oxygen atoms in total. The summed E-state index contributed by atoms with van der Waals surface area (Å²) < 4.78 is 22.9. The number of hydrogen-bond donors (Lipinski definition) is 1. The lowest BCUT2D eigenvalue weighted by Gasteiger charge is -2.28. The summed E-state index contributed by atoms with van der Waals surface area (Å²) in [6.07, 6.45) is 4.63. The number of sulfone groups is 1. The summed E-state index contributed by atoms with van der Waals surface area (Å²) >= 11 is 0. The molecule has 0 heterocycles. The molecule has 0 bridgehead atoms. The van der Waals surface area contributed by atoms with Crippen LogP contribution >= 0.6 is 0 Å². The van der Waals surface area contributed by atoms with Crippen molar-refractivity contribution < 1.29 is 13.2 Å². The van der Waals surface area contributed by atoms with Crippen molar-refractivity contribution in [3.63, 3.8) is 0 Å². The van der Waals surface area contributed by atoms with E-state index in [2.05, 4.69) is 0 Å². The van der Waals surface area contributed by atoms with Gasteiger partial charge >= 0.3 is 0 Å². The number of hydrogen-bond acceptors (Lipinski definition) is 4. The van der Waals surface area contributed by atoms with Gasteiger partial charge in [-0.25, -0.2) is 8.42 Å². The molecule has 3 atom stereocenters. The molecule has 0 aromatic rings. The Hall–Kier alpha value is -0.420. The maximum atomic E-state index is 11.9. The molecule has 1 fully saturated rings. The van der Waals surface area contributed by atoms with Gasteiger partial charge in [0.25, 0.3) is 0 Å². The summed E-state index contributed by atoms with van der Waals surface area (Å²) in [6, 6.07) is -0.427. The Bertz CT molecular complexity index is 350. The average molecular weight is 247 g/mol. The molecular formula is C11H21NO3S. The van der Waals surface area contributed by atoms with Gasteiger partial charge in [0, 0.05) is 12.2 Å². The number of nitrogens with two attached hydrogens (primary N) is 1. The Morgan fingerprint density at radius 3 is 2.56 bits per heavy atom. The highest BCUT2D eigenvalue weighted by atomic mass is 32.2. The summed E-state index contributed by atoms with van der Waals surface area (Å²) in [5.41, 5.74) is 5.70. The maximum absolute atomic E-state index is 11.9. The molecule has 3 unspecified atom stereocenters. The number of Topliss-reactive ketones (excluding diaryl/α,β-unsaturated/α-hetero) is 1. The zero-order chi connectivity index (χ0) is 12.3. The zero-order valence-electron chi connectivity index (χ0n) is 9.98. The summed E-state index contributed by atoms with van der Waals surface area (Å²) in [4.78, 5) is 11.9. The minimum absolute atomic E-state index is 0.0378. The molecule has 16 heavy (non-hydrogen) atoms. The van der Waals surface area contributed by atoms with Gasteiger partial charge in [-0.2, -0.15) is 0 Å². The van der Waals surface area contributed by atoms with Crippen LogP contribution in [0.15, 0.2) is 0 Å². The fourth-order valence-corrected chi connectivity index (χ4v) is 3.47. The van der Waals surface area contributed by atoms with E-state index in [-0.39, 0.29) is 17.0 Å². The molecule has 5 heteroatoms. The molecule has 1 aliphatic carbocycles. The van der Waals surface area contributed by atoms with Crippen molar-refractivity contribution in [3.8, 4) is 0 Å². The van der Waals surface area contributed by atoms with E-state index in [1.807, 2.05) is 6.92 Å². The molecule has 1 aliphatic rings. The molecule has 0 aliphatic heterocycles. The number of rotatable bonds is 4. The molecule has 1 rings (SSSR count). The van der Waals surface area contributed by atoms with Crippen LogP contribution < -0.4 is 5.73 Å². The second-order valence-electron chi connectivity index (χ2n) is 4.73. The van der Waals surface area contributed by atoms with E-state index < -0.39 is 15.9 Å². The van der Waals surface area contributed by atoms with Crippen molar-refractivity contribution in [1.29, 1.82) is 0 Å². The average Bonchev–Trinajstić information content (AvgIpc) is 2.26. The number of ketones is 1. The Labute approximate surface area is 97.5 Å². The van der Waals surface area contributed by atoms with Gasteiger partial charge in [-0.15, -0.1) is 0 Å². The highest BCUT2D eigenvalue weighted by Crippen LogP contribution is 2.29. The molecule has 0 aromatic heterocycles. The summed E-state index contributed by atoms with van der Waals surface area (Å²) in [5.74, 6) is -0.112. The third-order valence-electron chi connectivity index (χ3n) is 3.44. The Morgan fingerprint density at radius 2 is 2.06 bits per heavy atom. The van der Waals surface area contributed by atoms with Crippen LogP contribution in [0.3, 0.4) is 0 Å². The topological polar surface area (TPSA) is 77.2 Å². The molecule has 0 spiro atoms. The fourth-order valence-electron chi connectivity index (χ4n) is 2.30. The van der Waals surface area contributed by atoms with E-state index in [4.69, 9.17) is 5.73 Å². The molecule has 0 amide bonds. The van der Waals surface area contributed by atoms with Gasteiger partial charge in [0.2, 0.25) is 0 Å². The van der Waals surface area contributed by atoms with Crippen LogP contribution in [0.5, 0.6) is 0 Å². The predicted octanol–water partition coefficient (Wildman–Crippen LogP) is 0.896. The van der Waals surface area contributed by atoms with E-state index >= 15 is 0 Å². The molecular weight excluding hydrogens is 226 g/mol. The zero-order valence-corrected chi connectivity index (χ0v) is 10.8. The normalized spacial score (nSPS) is 28.7. The highest BCUT2D eigenvalue weighted by molar-refractivity contribution is 7.91. The van der Waals surface area contributed by atoms with E-state index in [9.17, 15) is 13.2 Å². The SMILES string of the molecule is CCC(N)C(=O)C1CCCC(S(C)(=O)=O)C1. The molecule has 94 valence electrons. The van der Waals surface area contributed by atoms with Gasteiger partial charge in [-0.3, -0.25) is 4.79 Å². The summed E-state index contributed by atoms with van der Waals surface area (Å²) in [5, 5.41) is -0.348. The van der Waals surface area contributed by atoms with Crippen LogP contribution in [0.2, 0.25) is 0 Å². The van der Waals surface area contributed by atoms with Crippen LogP contribution in [0.1, 0.15) is 39.0 Å². The molecule has 0 radical (unpaired) electrons. The van der Waals surface area contributed by atoms with Gasteiger partial charge < -0.3 is 5.73 Å². The van der Waals surface area contributed by atoms with Crippen molar-refractivity contribution in [2.75, 3.05) is 6.26 Å². The van der Waals surface area contributed by atoms with Crippen molar-refractivity contribution in [2.24, 2.45) is 11.7 Å². The van der Waals surface area contributed by atoms with E-state index in [0.29, 0.717) is 19.3 Å². The lowest BCUT2D eigenvalue weighted by molar-refractivity contribution is -0.125. The molecule has 0 aromatic carbocycles. The van der Waals surface area contributed by atoms with E-state index in [1.54, 1.807) is 0 Å². The van der Waals surface area contributed by atoms with Gasteiger partial charge in [0.15, 0.2) is 5.78 Å². The lowest BCUT2D eigenvalue weighted by atomic mass is 9.83. The van der Waals surface area contributed by atoms with Gasteiger partial charge in [0.05, 0.1) is 11.3 Å². The minimum atomic E-state index is -3.02. The van der Waals surface area contributed by atoms with E-state index in [0.717, 1.165) is 12.8 Å². The van der Waals surface area contributed by atoms with Crippen molar-refractivity contribution >= 4 is 15.6 Å². The first kappa shape index (κ1) is 13.6. The van der Waals surface area contributed by atoms with Crippen molar-refractivity contribution in [1.82, 2.24) is 0 Å². The van der Waals surface area contributed by atoms with Crippen LogP contribution in [0.25, 0.3) is 0 Å². The third-order valence-corrected chi connectivity index (χ3v) is 5.08. The number of carbonyl (C=O) groups excluding carboxylic acids is 1. The molecule has 1 saturated carbocycles. The first-order chi connectivity index (χ1) is 7.36. The quantitative estimate of drug-likeness (QED) is 0.800. The molecule has 2 N–H and O–H groups in total. The van der Waals surface area contributed by atoms with Crippen LogP contribution in [0, 0.1) is 5.92 Å². The maximum Gasteiger partial charge on any atom is 0.152 e. The predicted molar refractivity (Wildman–Crippen MR) is 63.9 cm³/mol. The second-order valence-corrected chi connectivity index (χ2v) is 7.06. The Morgan fingerprint density at radius 1 is 1.44 bits per heavy atom. The Kier molecular flexibility index (Phi) is 4.50. The Balaban J connectivity index is 2.68. The fraction of sp³-hybridized carbons (Fsp3) is 0.909. The van der Waals surface area contributed by atoms with Crippen molar-refractivity contribution in [2.45, 2.75) is 50.3 Å². The minimum Gasteiger partial charge on any atom is -0.322 e. The van der Waals surface area contributed by atoms with Gasteiger partial charge in [-0.1, -0.05) is 13.3 Å². The standard InChI is InChI=1S/C11H21NO3S/c1-3-10(12)11(13)8-5-4-6-9(7-8)16(2,14)15/h8-10H,3-7,12H2,1-2H3. The first-order valence-electron chi connectivity index (χ1n) is 5.84. The monoisotopic (exact) mass is 247 g/mol. The third kappa shape index (κ3) is 3.28. The van der Waals surface area contributed by atoms with Gasteiger partial charge in [0.1, 0.15) is 9.84 Å². The van der Waals surface area contributed by atoms with E-state index in [1.165, 1.54) is 6.26 Å². The van der Waals surface area contributed by atoms with Crippen LogP contribution in [-0.4, -0.2) is 31.7 Å². The van der Waals surface area contributed by atoms with Crippen molar-refractivity contribution in [3.05, 3.63) is 0 Å². The molecule has 0 saturated heterocycles. The summed E-state index contributed by atoms with van der Waals surface area (Å²) in [6.45, 7) is 1.87. The van der Waals surface area contributed by atoms with Crippen LogP contribution in [-0.2, 0) is 14.6 Å². The second kappa shape index (κ2) is 5.27. The summed E-state index contributed by atoms with van der Waals surface area (Å²) in [7, 11) is -3.02.